The molecule has 0 radical (unpaired) electrons. The number of para-hydroxylation sites is 1. The lowest BCUT2D eigenvalue weighted by Gasteiger charge is -2.21. The van der Waals surface area contributed by atoms with Gasteiger partial charge in [0.05, 0.1) is 26.2 Å². The first-order valence-electron chi connectivity index (χ1n) is 13.7. The van der Waals surface area contributed by atoms with Crippen molar-refractivity contribution < 1.29 is 53.2 Å². The Morgan fingerprint density at radius 2 is 1.46 bits per heavy atom. The first kappa shape index (κ1) is 37.0. The van der Waals surface area contributed by atoms with Gasteiger partial charge in [-0.2, -0.15) is 0 Å². The molecule has 0 aliphatic heterocycles. The summed E-state index contributed by atoms with van der Waals surface area (Å²) < 4.78 is 22.0. The van der Waals surface area contributed by atoms with Crippen LogP contribution in [0.15, 0.2) is 30.4 Å². The fraction of sp³-hybridized carbons (Fsp3) is 0.571. The molecule has 0 saturated carbocycles. The van der Waals surface area contributed by atoms with Gasteiger partial charge in [-0.05, 0) is 31.4 Å². The Balaban J connectivity index is 0.00000173. The summed E-state index contributed by atoms with van der Waals surface area (Å²) in [6.45, 7) is 10.4. The zero-order valence-corrected chi connectivity index (χ0v) is 24.5. The molecular formula is C28H45N3O10. The van der Waals surface area contributed by atoms with E-state index < -0.39 is 24.1 Å². The maximum absolute atomic E-state index is 11.7. The van der Waals surface area contributed by atoms with Crippen molar-refractivity contribution in [2.24, 2.45) is 0 Å². The van der Waals surface area contributed by atoms with E-state index in [4.69, 9.17) is 24.1 Å². The molecule has 4 N–H and O–H groups in total. The van der Waals surface area contributed by atoms with Crippen LogP contribution in [0.4, 0.5) is 9.59 Å². The molecule has 0 aromatic heterocycles. The van der Waals surface area contributed by atoms with Gasteiger partial charge in [0.25, 0.3) is 0 Å². The Hall–Kier alpha value is -4.00. The number of carboxylic acids is 2. The van der Waals surface area contributed by atoms with E-state index in [1.54, 1.807) is 7.11 Å². The van der Waals surface area contributed by atoms with Gasteiger partial charge in [-0.3, -0.25) is 0 Å². The average molecular weight is 584 g/mol. The fourth-order valence-corrected chi connectivity index (χ4v) is 3.24. The van der Waals surface area contributed by atoms with Crippen LogP contribution in [0.2, 0.25) is 0 Å². The number of rotatable bonds is 19. The largest absolute Gasteiger partial charge is 0.545 e. The smallest absolute Gasteiger partial charge is 0.407 e. The number of carbonyl (C=O) groups excluding carboxylic acids is 3. The minimum atomic E-state index is -1.51. The van der Waals surface area contributed by atoms with Gasteiger partial charge >= 0.3 is 18.2 Å². The lowest BCUT2D eigenvalue weighted by molar-refractivity contribution is -0.900. The van der Waals surface area contributed by atoms with Crippen LogP contribution in [0.1, 0.15) is 45.6 Å². The summed E-state index contributed by atoms with van der Waals surface area (Å²) in [7, 11) is 1.64. The Kier molecular flexibility index (Phi) is 21.5. The van der Waals surface area contributed by atoms with E-state index in [9.17, 15) is 24.3 Å². The number of quaternary nitrogens is 1. The highest BCUT2D eigenvalue weighted by molar-refractivity contribution is 5.88. The third kappa shape index (κ3) is 19.7. The molecule has 0 heterocycles. The summed E-state index contributed by atoms with van der Waals surface area (Å²) in [5.74, 6) is -1.32. The summed E-state index contributed by atoms with van der Waals surface area (Å²) >= 11 is 0. The molecule has 1 aromatic carbocycles. The highest BCUT2D eigenvalue weighted by atomic mass is 16.6. The number of alkyl carbamates (subject to hydrolysis) is 2. The maximum Gasteiger partial charge on any atom is 0.407 e. The van der Waals surface area contributed by atoms with Gasteiger partial charge < -0.3 is 49.5 Å². The monoisotopic (exact) mass is 583 g/mol. The van der Waals surface area contributed by atoms with Gasteiger partial charge in [0, 0.05) is 31.1 Å². The van der Waals surface area contributed by atoms with Crippen molar-refractivity contribution in [3.63, 3.8) is 0 Å². The van der Waals surface area contributed by atoms with E-state index in [1.807, 2.05) is 32.0 Å². The average Bonchev–Trinajstić information content (AvgIpc) is 2.95. The molecule has 0 aliphatic rings. The van der Waals surface area contributed by atoms with Crippen LogP contribution < -0.4 is 30.1 Å². The summed E-state index contributed by atoms with van der Waals surface area (Å²) in [6.07, 6.45) is 3.49. The number of amides is 2. The number of benzene rings is 1. The standard InChI is InChI=1S/C24H41N3O6.C4H4O4/c1-5-12-25-23(28)32-18-15-27(16-19-33-24(29)26-13-6-2)14-11-20-9-8-10-21(30-4)22(20)31-17-7-3;5-3(6)1-2-4(7)8/h8-10H,5-7,11-19H2,1-4H3,(H,25,28)(H,26,29);1-2H,(H,5,6)(H,7,8)/b;2-1-. The molecule has 1 aromatic rings. The number of hydrogen-bond acceptors (Lipinski definition) is 9. The Labute approximate surface area is 241 Å². The van der Waals surface area contributed by atoms with E-state index in [0.29, 0.717) is 50.7 Å². The quantitative estimate of drug-likeness (QED) is 0.168. The highest BCUT2D eigenvalue weighted by Gasteiger charge is 2.16. The summed E-state index contributed by atoms with van der Waals surface area (Å²) in [5.41, 5.74) is 1.06. The van der Waals surface area contributed by atoms with Crippen LogP contribution in [-0.2, 0) is 25.5 Å². The van der Waals surface area contributed by atoms with Crippen LogP contribution in [0.3, 0.4) is 0 Å². The lowest BCUT2D eigenvalue weighted by Crippen LogP contribution is -3.13. The van der Waals surface area contributed by atoms with Crippen LogP contribution >= 0.6 is 0 Å². The second-order valence-corrected chi connectivity index (χ2v) is 8.66. The zero-order chi connectivity index (χ0) is 30.9. The number of hydrogen-bond donors (Lipinski definition) is 4. The van der Waals surface area contributed by atoms with E-state index in [2.05, 4.69) is 17.6 Å². The molecule has 2 amide bonds. The second-order valence-electron chi connectivity index (χ2n) is 8.66. The minimum absolute atomic E-state index is 0.282. The third-order valence-electron chi connectivity index (χ3n) is 5.26. The van der Waals surface area contributed by atoms with Crippen molar-refractivity contribution in [3.05, 3.63) is 35.9 Å². The Morgan fingerprint density at radius 1 is 0.878 bits per heavy atom. The molecule has 0 aliphatic carbocycles. The molecule has 232 valence electrons. The van der Waals surface area contributed by atoms with Crippen LogP contribution in [0.5, 0.6) is 11.5 Å². The third-order valence-corrected chi connectivity index (χ3v) is 5.26. The molecule has 0 spiro atoms. The highest BCUT2D eigenvalue weighted by Crippen LogP contribution is 2.31. The fourth-order valence-electron chi connectivity index (χ4n) is 3.24. The van der Waals surface area contributed by atoms with E-state index in [-0.39, 0.29) is 13.2 Å². The molecule has 13 nitrogen and oxygen atoms in total. The maximum atomic E-state index is 11.7. The van der Waals surface area contributed by atoms with Crippen molar-refractivity contribution in [1.82, 2.24) is 10.6 Å². The van der Waals surface area contributed by atoms with Crippen molar-refractivity contribution in [2.75, 3.05) is 59.7 Å². The van der Waals surface area contributed by atoms with Crippen molar-refractivity contribution in [2.45, 2.75) is 46.5 Å². The Bertz CT molecular complexity index is 898. The number of carbonyl (C=O) groups is 4. The molecule has 0 saturated heterocycles. The molecule has 1 rings (SSSR count). The van der Waals surface area contributed by atoms with Gasteiger partial charge in [0.2, 0.25) is 0 Å². The van der Waals surface area contributed by atoms with E-state index in [0.717, 1.165) is 48.4 Å². The summed E-state index contributed by atoms with van der Waals surface area (Å²) in [5, 5.41) is 22.6. The first-order chi connectivity index (χ1) is 19.7. The molecule has 0 unspecified atom stereocenters. The van der Waals surface area contributed by atoms with Gasteiger partial charge in [-0.25, -0.2) is 14.4 Å². The number of ether oxygens (including phenoxy) is 4. The zero-order valence-electron chi connectivity index (χ0n) is 24.5. The molecule has 41 heavy (non-hydrogen) atoms. The van der Waals surface area contributed by atoms with Crippen LogP contribution in [0.25, 0.3) is 0 Å². The van der Waals surface area contributed by atoms with E-state index >= 15 is 0 Å². The normalized spacial score (nSPS) is 10.4. The Morgan fingerprint density at radius 3 is 1.90 bits per heavy atom. The molecule has 0 atom stereocenters. The van der Waals surface area contributed by atoms with E-state index in [1.165, 1.54) is 0 Å². The topological polar surface area (TPSA) is 177 Å². The van der Waals surface area contributed by atoms with Crippen LogP contribution in [-0.4, -0.2) is 88.9 Å². The first-order valence-corrected chi connectivity index (χ1v) is 13.7. The van der Waals surface area contributed by atoms with Crippen LogP contribution in [0, 0.1) is 0 Å². The number of nitrogens with one attached hydrogen (secondary N) is 3. The summed E-state index contributed by atoms with van der Waals surface area (Å²) in [6, 6.07) is 5.88. The second kappa shape index (κ2) is 23.9. The molecular weight excluding hydrogens is 538 g/mol. The molecule has 0 bridgehead atoms. The van der Waals surface area contributed by atoms with Crippen molar-refractivity contribution in [1.29, 1.82) is 0 Å². The number of methoxy groups -OCH3 is 1. The summed E-state index contributed by atoms with van der Waals surface area (Å²) in [4.78, 5) is 43.6. The van der Waals surface area contributed by atoms with Gasteiger partial charge in [-0.1, -0.05) is 32.9 Å². The molecule has 0 fully saturated rings. The number of aliphatic carboxylic acids is 2. The van der Waals surface area contributed by atoms with Crippen molar-refractivity contribution >= 4 is 24.1 Å². The lowest BCUT2D eigenvalue weighted by atomic mass is 10.1. The van der Waals surface area contributed by atoms with Gasteiger partial charge in [-0.15, -0.1) is 0 Å². The predicted octanol–water partition coefficient (Wildman–Crippen LogP) is 0.561. The van der Waals surface area contributed by atoms with Gasteiger partial charge in [0.1, 0.15) is 26.3 Å². The SMILES string of the molecule is CCCNC(=O)OCC[NH+](CCOC(=O)NCCC)CCc1cccc(OC)c1OCCC.O=C([O-])/C=C\C(=O)O. The van der Waals surface area contributed by atoms with Gasteiger partial charge in [0.15, 0.2) is 11.5 Å². The van der Waals surface area contributed by atoms with Crippen molar-refractivity contribution in [3.8, 4) is 11.5 Å². The minimum Gasteiger partial charge on any atom is -0.545 e. The predicted molar refractivity (Wildman–Crippen MR) is 149 cm³/mol. The number of carboxylic acid groups (broad SMARTS) is 2. The molecule has 13 heteroatoms.